The van der Waals surface area contributed by atoms with Gasteiger partial charge in [0, 0.05) is 54.0 Å². The van der Waals surface area contributed by atoms with Gasteiger partial charge in [-0.1, -0.05) is 85.7 Å². The van der Waals surface area contributed by atoms with Gasteiger partial charge in [0.2, 0.25) is 0 Å². The molecule has 0 amide bonds. The fourth-order valence-electron chi connectivity index (χ4n) is 15.5. The Hall–Kier alpha value is -13.7. The first-order chi connectivity index (χ1) is 67.7. The van der Waals surface area contributed by atoms with Crippen molar-refractivity contribution in [2.45, 2.75) is 182 Å². The van der Waals surface area contributed by atoms with E-state index in [1.807, 2.05) is 41.5 Å². The molecule has 4 unspecified atom stereocenters. The molecule has 0 saturated carbocycles. The highest BCUT2D eigenvalue weighted by atomic mass is 19.4. The lowest BCUT2D eigenvalue weighted by Crippen LogP contribution is -2.13. The number of ketones is 4. The fraction of sp³-hybridized carbons (Fsp3) is 0.296. The van der Waals surface area contributed by atoms with Crippen molar-refractivity contribution in [1.82, 2.24) is 0 Å². The molecule has 8 nitrogen and oxygen atoms in total. The molecule has 12 aromatic rings. The summed E-state index contributed by atoms with van der Waals surface area (Å²) in [5.74, 6) is -13.3. The summed E-state index contributed by atoms with van der Waals surface area (Å²) in [5, 5.41) is 0. The molecule has 0 saturated heterocycles. The van der Waals surface area contributed by atoms with Gasteiger partial charge in [-0.25, -0.2) is 30.7 Å². The maximum absolute atomic E-state index is 14.1. The van der Waals surface area contributed by atoms with E-state index in [-0.39, 0.29) is 150 Å². The Morgan fingerprint density at radius 1 is 0.197 bits per heavy atom. The quantitative estimate of drug-likeness (QED) is 0.0447. The molecule has 0 aliphatic heterocycles. The predicted octanol–water partition coefficient (Wildman–Crippen LogP) is 36.6. The molecule has 0 aliphatic rings. The Morgan fingerprint density at radius 3 is 0.599 bits per heavy atom. The Morgan fingerprint density at radius 2 is 0.374 bits per heavy atom. The Bertz CT molecular complexity index is 6660. The second kappa shape index (κ2) is 47.0. The van der Waals surface area contributed by atoms with E-state index < -0.39 is 175 Å². The van der Waals surface area contributed by atoms with Crippen molar-refractivity contribution in [1.29, 1.82) is 0 Å². The van der Waals surface area contributed by atoms with Crippen LogP contribution in [0.2, 0.25) is 0 Å². The smallest absolute Gasteiger partial charge is 0.416 e. The van der Waals surface area contributed by atoms with Gasteiger partial charge < -0.3 is 18.9 Å². The van der Waals surface area contributed by atoms with Gasteiger partial charge in [-0.2, -0.15) is 105 Å². The normalized spacial score (nSPS) is 13.1. The summed E-state index contributed by atoms with van der Waals surface area (Å²) in [4.78, 5) is 49.7. The lowest BCUT2D eigenvalue weighted by molar-refractivity contribution is -0.143. The molecule has 786 valence electrons. The largest absolute Gasteiger partial charge is 0.457 e. The standard InChI is InChI=1S/C28H22F10O2.C27H22F8O2.C27H23F7O2.C26H22F6O2/c1-14(2)4-25(15(3)39)18-5-16(17-6-19(26(30,31)32)10-20(7-17)27(33,34)35)8-23(9-18)40-24-12-21(28(36,37)38)11-22(29)13-24;1-14(2)4-25(15(3)36)18-5-16(17-6-19(26(30,31)32)10-21(28)7-17)8-23(9-18)37-24-12-20(27(33,34)35)11-22(29)13-24;1-15(2)7-25(16(3)35)19-8-17(18-9-21(27(32,33)34)13-22(28)10-18)11-24(12-19)36-23-6-4-5-20(14-23)26(29,30)31;1-14(2)4-25(15(3)33)18-5-16(17-6-19(26(30,31)32)10-20(27)7-17)8-23(9-18)34-24-12-21(28)11-22(29)13-24/h5-14,25H,4H2,1-3H3;5-14,25H,4H2,1-3H3;4-6,8-15,25H,7H2,1-3H3;5-14,25H,4H2,1-3H3. The van der Waals surface area contributed by atoms with E-state index in [1.54, 1.807) is 13.8 Å². The number of hydrogen-bond acceptors (Lipinski definition) is 8. The second-order valence-corrected chi connectivity index (χ2v) is 36.2. The Kier molecular flexibility index (Phi) is 37.4. The van der Waals surface area contributed by atoms with Crippen LogP contribution in [0.3, 0.4) is 0 Å². The molecule has 4 atom stereocenters. The molecule has 0 N–H and O–H groups in total. The van der Waals surface area contributed by atoms with Crippen molar-refractivity contribution in [3.63, 3.8) is 0 Å². The zero-order valence-electron chi connectivity index (χ0n) is 79.3. The third-order valence-corrected chi connectivity index (χ3v) is 22.1. The highest BCUT2D eigenvalue weighted by Crippen LogP contribution is 2.48. The SMILES string of the molecule is CC(=O)C(CC(C)C)c1cc(Oc2cc(F)cc(C(F)(F)F)c2)cc(-c2cc(C(F)(F)F)cc(C(F)(F)F)c2)c1.CC(=O)C(CC(C)C)c1cc(Oc2cc(F)cc(C(F)(F)F)c2)cc(-c2cc(F)cc(C(F)(F)F)c2)c1.CC(=O)C(CC(C)C)c1cc(Oc2cc(F)cc(F)c2)cc(-c2cc(F)cc(C(F)(F)F)c2)c1.CC(=O)C(CC(C)C)c1cc(Oc2cccc(C(F)(F)F)c2)cc(-c2cc(F)cc(C(F)(F)F)c2)c1. The van der Waals surface area contributed by atoms with E-state index in [0.717, 1.165) is 66.7 Å². The Balaban J connectivity index is 0.000000218. The number of hydrogen-bond donors (Lipinski definition) is 0. The number of Topliss-reactive ketones (excluding diaryl/α,β-unsaturated/α-hetero) is 4. The summed E-state index contributed by atoms with van der Waals surface area (Å²) >= 11 is 0. The molecule has 12 rings (SSSR count). The zero-order chi connectivity index (χ0) is 110. The van der Waals surface area contributed by atoms with Gasteiger partial charge in [-0.05, 0) is 308 Å². The van der Waals surface area contributed by atoms with Crippen LogP contribution in [-0.2, 0) is 68.6 Å². The van der Waals surface area contributed by atoms with Gasteiger partial charge in [-0.3, -0.25) is 19.2 Å². The van der Waals surface area contributed by atoms with Gasteiger partial charge in [0.05, 0.1) is 44.5 Å². The number of alkyl halides is 24. The first-order valence-electron chi connectivity index (χ1n) is 44.4. The molecule has 0 fully saturated rings. The minimum absolute atomic E-state index is 0.00495. The van der Waals surface area contributed by atoms with Gasteiger partial charge in [0.25, 0.3) is 0 Å². The van der Waals surface area contributed by atoms with Crippen molar-refractivity contribution in [2.75, 3.05) is 0 Å². The third-order valence-electron chi connectivity index (χ3n) is 22.1. The summed E-state index contributed by atoms with van der Waals surface area (Å²) in [6.07, 6.45) is -37.6. The number of carbonyl (C=O) groups is 4. The van der Waals surface area contributed by atoms with Crippen LogP contribution in [-0.4, -0.2) is 23.1 Å². The van der Waals surface area contributed by atoms with Gasteiger partial charge >= 0.3 is 49.4 Å². The summed E-state index contributed by atoms with van der Waals surface area (Å²) < 4.78 is 438. The van der Waals surface area contributed by atoms with Gasteiger partial charge in [0.1, 0.15) is 110 Å². The van der Waals surface area contributed by atoms with E-state index in [1.165, 1.54) is 100 Å². The molecule has 0 radical (unpaired) electrons. The zero-order valence-corrected chi connectivity index (χ0v) is 79.3. The molecular weight excluding hydrogens is 2010 g/mol. The highest BCUT2D eigenvalue weighted by Gasteiger charge is 2.41. The van der Waals surface area contributed by atoms with Crippen LogP contribution in [0.1, 0.15) is 199 Å². The van der Waals surface area contributed by atoms with Gasteiger partial charge in [0.15, 0.2) is 0 Å². The minimum Gasteiger partial charge on any atom is -0.457 e. The first kappa shape index (κ1) is 117. The van der Waals surface area contributed by atoms with Crippen LogP contribution < -0.4 is 18.9 Å². The maximum atomic E-state index is 14.1. The van der Waals surface area contributed by atoms with Crippen molar-refractivity contribution < 1.29 is 174 Å². The number of ether oxygens (including phenoxy) is 4. The predicted molar refractivity (Wildman–Crippen MR) is 485 cm³/mol. The average Bonchev–Trinajstić information content (AvgIpc) is 0.794. The van der Waals surface area contributed by atoms with E-state index in [9.17, 15) is 155 Å². The van der Waals surface area contributed by atoms with E-state index in [0.29, 0.717) is 103 Å². The topological polar surface area (TPSA) is 105 Å². The number of carbonyl (C=O) groups excluding carboxylic acids is 4. The van der Waals surface area contributed by atoms with Crippen molar-refractivity contribution in [3.8, 4) is 90.5 Å². The van der Waals surface area contributed by atoms with Crippen LogP contribution in [0.4, 0.5) is 136 Å². The third kappa shape index (κ3) is 34.2. The molecule has 39 heteroatoms. The molecule has 0 bridgehead atoms. The van der Waals surface area contributed by atoms with Crippen LogP contribution in [0.5, 0.6) is 46.0 Å². The van der Waals surface area contributed by atoms with Crippen molar-refractivity contribution >= 4 is 23.1 Å². The summed E-state index contributed by atoms with van der Waals surface area (Å²) in [6.45, 7) is 20.2. The van der Waals surface area contributed by atoms with Crippen LogP contribution >= 0.6 is 0 Å². The molecule has 12 aromatic carbocycles. The summed E-state index contributed by atoms with van der Waals surface area (Å²) in [7, 11) is 0. The molecule has 0 spiro atoms. The van der Waals surface area contributed by atoms with Crippen LogP contribution in [0.25, 0.3) is 44.5 Å². The molecule has 0 heterocycles. The average molecular weight is 2100 g/mol. The summed E-state index contributed by atoms with van der Waals surface area (Å²) in [5.41, 5.74) is -10.0. The van der Waals surface area contributed by atoms with Crippen molar-refractivity contribution in [3.05, 3.63) is 332 Å². The Labute approximate surface area is 821 Å². The lowest BCUT2D eigenvalue weighted by atomic mass is 9.85. The van der Waals surface area contributed by atoms with E-state index in [2.05, 4.69) is 0 Å². The number of rotatable bonds is 28. The number of halogens is 31. The lowest BCUT2D eigenvalue weighted by Gasteiger charge is -2.20. The van der Waals surface area contributed by atoms with Crippen molar-refractivity contribution in [2.24, 2.45) is 23.7 Å². The molecule has 0 aliphatic carbocycles. The molecule has 0 aromatic heterocycles. The molecular formula is C108H89F31O8. The maximum Gasteiger partial charge on any atom is 0.416 e. The van der Waals surface area contributed by atoms with Gasteiger partial charge in [-0.15, -0.1) is 0 Å². The van der Waals surface area contributed by atoms with E-state index in [4.69, 9.17) is 18.9 Å². The second-order valence-electron chi connectivity index (χ2n) is 36.2. The van der Waals surface area contributed by atoms with Crippen LogP contribution in [0.15, 0.2) is 224 Å². The minimum atomic E-state index is -5.14. The highest BCUT2D eigenvalue weighted by molar-refractivity contribution is 5.87. The van der Waals surface area contributed by atoms with Crippen LogP contribution in [0, 0.1) is 64.4 Å². The summed E-state index contributed by atoms with van der Waals surface area (Å²) in [6, 6.07) is 32.5. The molecule has 147 heavy (non-hydrogen) atoms. The monoisotopic (exact) mass is 2100 g/mol. The van der Waals surface area contributed by atoms with E-state index >= 15 is 0 Å². The first-order valence-corrected chi connectivity index (χ1v) is 44.4. The fourth-order valence-corrected chi connectivity index (χ4v) is 15.5. The number of benzene rings is 12.